The smallest absolute Gasteiger partial charge is 0.335 e. The van der Waals surface area contributed by atoms with Gasteiger partial charge >= 0.3 is 5.97 Å². The molecule has 0 aromatic heterocycles. The summed E-state index contributed by atoms with van der Waals surface area (Å²) in [6, 6.07) is 20.3. The molecule has 1 atom stereocenters. The van der Waals surface area contributed by atoms with E-state index >= 15 is 0 Å². The maximum atomic E-state index is 12.0. The zero-order valence-electron chi connectivity index (χ0n) is 17.8. The maximum Gasteiger partial charge on any atom is 0.335 e. The molecule has 0 aliphatic heterocycles. The standard InChI is InChI=1S/C25H27NO5/c1-3-24(27)26(2)17-23(14-15-30-21-11-9-19(10-12-21)25(28)29)31-22-13-8-18-6-4-5-7-20(18)16-22/h4-13,16,23H,3,14-15,17H2,1-2H3,(H,28,29). The van der Waals surface area contributed by atoms with Gasteiger partial charge in [-0.05, 0) is 47.2 Å². The van der Waals surface area contributed by atoms with Crippen LogP contribution in [-0.2, 0) is 4.79 Å². The van der Waals surface area contributed by atoms with E-state index in [0.717, 1.165) is 16.5 Å². The number of hydrogen-bond donors (Lipinski definition) is 1. The summed E-state index contributed by atoms with van der Waals surface area (Å²) < 4.78 is 12.0. The Morgan fingerprint density at radius 1 is 0.968 bits per heavy atom. The van der Waals surface area contributed by atoms with Crippen LogP contribution in [0.25, 0.3) is 10.8 Å². The van der Waals surface area contributed by atoms with Gasteiger partial charge in [0.15, 0.2) is 0 Å². The molecule has 0 aliphatic carbocycles. The van der Waals surface area contributed by atoms with Crippen LogP contribution >= 0.6 is 0 Å². The van der Waals surface area contributed by atoms with Gasteiger partial charge in [0.05, 0.1) is 18.7 Å². The van der Waals surface area contributed by atoms with Crippen molar-refractivity contribution in [2.75, 3.05) is 20.2 Å². The third-order valence-corrected chi connectivity index (χ3v) is 5.04. The fraction of sp³-hybridized carbons (Fsp3) is 0.280. The summed E-state index contributed by atoms with van der Waals surface area (Å²) >= 11 is 0. The molecule has 3 aromatic rings. The van der Waals surface area contributed by atoms with Gasteiger partial charge in [0.1, 0.15) is 17.6 Å². The van der Waals surface area contributed by atoms with Crippen molar-refractivity contribution >= 4 is 22.6 Å². The Balaban J connectivity index is 1.66. The minimum Gasteiger partial charge on any atom is -0.493 e. The molecule has 0 bridgehead atoms. The first-order valence-corrected chi connectivity index (χ1v) is 10.3. The fourth-order valence-corrected chi connectivity index (χ4v) is 3.30. The van der Waals surface area contributed by atoms with Gasteiger partial charge in [-0.15, -0.1) is 0 Å². The summed E-state index contributed by atoms with van der Waals surface area (Å²) in [5.74, 6) is 0.413. The highest BCUT2D eigenvalue weighted by atomic mass is 16.5. The number of likely N-dealkylation sites (N-methyl/N-ethyl adjacent to an activating group) is 1. The summed E-state index contributed by atoms with van der Waals surface area (Å²) in [6.07, 6.45) is 0.750. The summed E-state index contributed by atoms with van der Waals surface area (Å²) in [7, 11) is 1.77. The number of carboxylic acid groups (broad SMARTS) is 1. The van der Waals surface area contributed by atoms with Crippen molar-refractivity contribution in [3.63, 3.8) is 0 Å². The first-order chi connectivity index (χ1) is 15.0. The van der Waals surface area contributed by atoms with Gasteiger partial charge in [0.2, 0.25) is 5.91 Å². The zero-order chi connectivity index (χ0) is 22.2. The lowest BCUT2D eigenvalue weighted by molar-refractivity contribution is -0.130. The molecule has 0 aliphatic rings. The van der Waals surface area contributed by atoms with Crippen molar-refractivity contribution in [3.05, 3.63) is 72.3 Å². The number of ether oxygens (including phenoxy) is 2. The van der Waals surface area contributed by atoms with Crippen LogP contribution in [0.15, 0.2) is 66.7 Å². The van der Waals surface area contributed by atoms with E-state index in [4.69, 9.17) is 14.6 Å². The van der Waals surface area contributed by atoms with E-state index in [2.05, 4.69) is 0 Å². The molecule has 1 N–H and O–H groups in total. The second-order valence-electron chi connectivity index (χ2n) is 7.34. The van der Waals surface area contributed by atoms with Gasteiger partial charge in [-0.3, -0.25) is 4.79 Å². The van der Waals surface area contributed by atoms with Crippen LogP contribution in [0.5, 0.6) is 11.5 Å². The lowest BCUT2D eigenvalue weighted by Gasteiger charge is -2.25. The molecule has 0 heterocycles. The zero-order valence-corrected chi connectivity index (χ0v) is 17.8. The molecule has 162 valence electrons. The summed E-state index contributed by atoms with van der Waals surface area (Å²) in [4.78, 5) is 24.7. The summed E-state index contributed by atoms with van der Waals surface area (Å²) in [6.45, 7) is 2.65. The van der Waals surface area contributed by atoms with Crippen LogP contribution in [0, 0.1) is 0 Å². The number of rotatable bonds is 10. The Labute approximate surface area is 182 Å². The Morgan fingerprint density at radius 3 is 2.32 bits per heavy atom. The first-order valence-electron chi connectivity index (χ1n) is 10.3. The van der Waals surface area contributed by atoms with E-state index in [1.165, 1.54) is 12.1 Å². The Bertz CT molecular complexity index is 1030. The number of benzene rings is 3. The Morgan fingerprint density at radius 2 is 1.65 bits per heavy atom. The summed E-state index contributed by atoms with van der Waals surface area (Å²) in [5, 5.41) is 11.2. The molecular weight excluding hydrogens is 394 g/mol. The second kappa shape index (κ2) is 10.5. The molecule has 31 heavy (non-hydrogen) atoms. The van der Waals surface area contributed by atoms with Gasteiger partial charge in [-0.1, -0.05) is 37.3 Å². The lowest BCUT2D eigenvalue weighted by Crippen LogP contribution is -2.37. The number of amides is 1. The van der Waals surface area contributed by atoms with Crippen molar-refractivity contribution in [2.45, 2.75) is 25.9 Å². The van der Waals surface area contributed by atoms with Gasteiger partial charge in [0, 0.05) is 19.9 Å². The van der Waals surface area contributed by atoms with Crippen LogP contribution in [-0.4, -0.2) is 48.2 Å². The molecule has 0 radical (unpaired) electrons. The van der Waals surface area contributed by atoms with E-state index in [9.17, 15) is 9.59 Å². The molecule has 3 rings (SSSR count). The number of aromatic carboxylic acids is 1. The number of carbonyl (C=O) groups excluding carboxylic acids is 1. The number of carbonyl (C=O) groups is 2. The minimum atomic E-state index is -0.973. The van der Waals surface area contributed by atoms with E-state index < -0.39 is 5.97 Å². The van der Waals surface area contributed by atoms with Crippen LogP contribution in [0.4, 0.5) is 0 Å². The average molecular weight is 421 g/mol. The van der Waals surface area contributed by atoms with E-state index in [1.807, 2.05) is 49.4 Å². The van der Waals surface area contributed by atoms with Gasteiger partial charge in [0.25, 0.3) is 0 Å². The van der Waals surface area contributed by atoms with Gasteiger partial charge in [-0.2, -0.15) is 0 Å². The Kier molecular flexibility index (Phi) is 7.49. The Hall–Kier alpha value is -3.54. The predicted molar refractivity (Wildman–Crippen MR) is 120 cm³/mol. The SMILES string of the molecule is CCC(=O)N(C)CC(CCOc1ccc(C(=O)O)cc1)Oc1ccc2ccccc2c1. The molecule has 0 spiro atoms. The minimum absolute atomic E-state index is 0.0530. The number of fused-ring (bicyclic) bond motifs is 1. The molecule has 0 saturated carbocycles. The lowest BCUT2D eigenvalue weighted by atomic mass is 10.1. The second-order valence-corrected chi connectivity index (χ2v) is 7.34. The number of carboxylic acids is 1. The van der Waals surface area contributed by atoms with Crippen LogP contribution < -0.4 is 9.47 Å². The van der Waals surface area contributed by atoms with Crippen molar-refractivity contribution < 1.29 is 24.2 Å². The molecule has 1 unspecified atom stereocenters. The monoisotopic (exact) mass is 421 g/mol. The molecule has 0 saturated heterocycles. The molecule has 6 heteroatoms. The normalized spacial score (nSPS) is 11.7. The van der Waals surface area contributed by atoms with Gasteiger partial charge in [-0.25, -0.2) is 4.79 Å². The third-order valence-electron chi connectivity index (χ3n) is 5.04. The molecule has 6 nitrogen and oxygen atoms in total. The van der Waals surface area contributed by atoms with Crippen molar-refractivity contribution in [3.8, 4) is 11.5 Å². The number of nitrogens with zero attached hydrogens (tertiary/aromatic N) is 1. The highest BCUT2D eigenvalue weighted by Gasteiger charge is 2.17. The largest absolute Gasteiger partial charge is 0.493 e. The van der Waals surface area contributed by atoms with Gasteiger partial charge < -0.3 is 19.5 Å². The van der Waals surface area contributed by atoms with E-state index in [1.54, 1.807) is 24.1 Å². The van der Waals surface area contributed by atoms with Crippen molar-refractivity contribution in [1.29, 1.82) is 0 Å². The van der Waals surface area contributed by atoms with E-state index in [-0.39, 0.29) is 17.6 Å². The predicted octanol–water partition coefficient (Wildman–Crippen LogP) is 4.62. The quantitative estimate of drug-likeness (QED) is 0.517. The molecule has 1 amide bonds. The van der Waals surface area contributed by atoms with Crippen LogP contribution in [0.1, 0.15) is 30.1 Å². The van der Waals surface area contributed by atoms with Crippen LogP contribution in [0.2, 0.25) is 0 Å². The first kappa shape index (κ1) is 22.2. The molecular formula is C25H27NO5. The van der Waals surface area contributed by atoms with Crippen molar-refractivity contribution in [1.82, 2.24) is 4.90 Å². The third kappa shape index (κ3) is 6.22. The highest BCUT2D eigenvalue weighted by Crippen LogP contribution is 2.22. The van der Waals surface area contributed by atoms with E-state index in [0.29, 0.717) is 31.7 Å². The van der Waals surface area contributed by atoms with Crippen molar-refractivity contribution in [2.24, 2.45) is 0 Å². The number of hydrogen-bond acceptors (Lipinski definition) is 4. The topological polar surface area (TPSA) is 76.1 Å². The average Bonchev–Trinajstić information content (AvgIpc) is 2.78. The fourth-order valence-electron chi connectivity index (χ4n) is 3.30. The summed E-state index contributed by atoms with van der Waals surface area (Å²) in [5.41, 5.74) is 0.213. The van der Waals surface area contributed by atoms with Crippen LogP contribution in [0.3, 0.4) is 0 Å². The maximum absolute atomic E-state index is 12.0. The molecule has 3 aromatic carbocycles. The highest BCUT2D eigenvalue weighted by molar-refractivity contribution is 5.87. The molecule has 0 fully saturated rings.